The third-order valence-electron chi connectivity index (χ3n) is 2.79. The minimum Gasteiger partial charge on any atom is -0.381 e. The summed E-state index contributed by atoms with van der Waals surface area (Å²) in [6, 6.07) is 2.03. The zero-order chi connectivity index (χ0) is 11.3. The number of ether oxygens (including phenoxy) is 2. The maximum absolute atomic E-state index is 8.74. The summed E-state index contributed by atoms with van der Waals surface area (Å²) in [4.78, 5) is 0. The van der Waals surface area contributed by atoms with Crippen molar-refractivity contribution in [1.29, 1.82) is 5.26 Å². The molecule has 15 heavy (non-hydrogen) atoms. The van der Waals surface area contributed by atoms with Crippen LogP contribution in [-0.4, -0.2) is 31.5 Å². The summed E-state index contributed by atoms with van der Waals surface area (Å²) in [5.74, 6) is 0. The number of methoxy groups -OCH3 is 1. The van der Waals surface area contributed by atoms with Crippen LogP contribution in [0.2, 0.25) is 0 Å². The summed E-state index contributed by atoms with van der Waals surface area (Å²) in [5.41, 5.74) is 4.81. The number of hydrogen-bond acceptors (Lipinski definition) is 4. The lowest BCUT2D eigenvalue weighted by molar-refractivity contribution is -0.0372. The highest BCUT2D eigenvalue weighted by atomic mass is 16.5. The smallest absolute Gasteiger partial charge is 0.125 e. The Morgan fingerprint density at radius 2 is 2.13 bits per heavy atom. The zero-order valence-corrected chi connectivity index (χ0v) is 9.53. The van der Waals surface area contributed by atoms with Crippen LogP contribution < -0.4 is 5.73 Å². The van der Waals surface area contributed by atoms with Crippen molar-refractivity contribution in [2.75, 3.05) is 13.7 Å². The van der Waals surface area contributed by atoms with E-state index in [1.807, 2.05) is 6.07 Å². The Balaban J connectivity index is 2.30. The van der Waals surface area contributed by atoms with E-state index in [2.05, 4.69) is 0 Å². The van der Waals surface area contributed by atoms with E-state index in [1.54, 1.807) is 14.0 Å². The SMILES string of the molecule is COC1CCCC(OCC(C)(N)C#N)C1. The molecule has 4 heteroatoms. The lowest BCUT2D eigenvalue weighted by atomic mass is 9.94. The molecule has 0 aromatic carbocycles. The predicted octanol–water partition coefficient (Wildman–Crippen LogP) is 1.20. The molecule has 3 unspecified atom stereocenters. The quantitative estimate of drug-likeness (QED) is 0.760. The molecule has 0 radical (unpaired) electrons. The summed E-state index contributed by atoms with van der Waals surface area (Å²) in [6.07, 6.45) is 4.68. The van der Waals surface area contributed by atoms with Gasteiger partial charge in [-0.15, -0.1) is 0 Å². The van der Waals surface area contributed by atoms with Gasteiger partial charge in [-0.2, -0.15) is 5.26 Å². The number of hydrogen-bond donors (Lipinski definition) is 1. The summed E-state index contributed by atoms with van der Waals surface area (Å²) in [5, 5.41) is 8.74. The highest BCUT2D eigenvalue weighted by Gasteiger charge is 2.25. The summed E-state index contributed by atoms with van der Waals surface area (Å²) in [6.45, 7) is 1.98. The maximum atomic E-state index is 8.74. The van der Waals surface area contributed by atoms with Gasteiger partial charge in [0.05, 0.1) is 24.9 Å². The van der Waals surface area contributed by atoms with Gasteiger partial charge in [-0.05, 0) is 32.6 Å². The minimum atomic E-state index is -0.875. The molecule has 1 saturated carbocycles. The lowest BCUT2D eigenvalue weighted by Crippen LogP contribution is -2.41. The van der Waals surface area contributed by atoms with Gasteiger partial charge in [0.25, 0.3) is 0 Å². The Hall–Kier alpha value is -0.630. The largest absolute Gasteiger partial charge is 0.381 e. The molecule has 0 aliphatic heterocycles. The van der Waals surface area contributed by atoms with Crippen molar-refractivity contribution in [2.24, 2.45) is 5.73 Å². The number of nitriles is 1. The van der Waals surface area contributed by atoms with Gasteiger partial charge in [-0.3, -0.25) is 0 Å². The molecule has 1 aliphatic carbocycles. The number of rotatable bonds is 4. The first-order chi connectivity index (χ1) is 7.07. The van der Waals surface area contributed by atoms with Crippen LogP contribution in [0, 0.1) is 11.3 Å². The highest BCUT2D eigenvalue weighted by Crippen LogP contribution is 2.23. The van der Waals surface area contributed by atoms with Crippen LogP contribution in [0.1, 0.15) is 32.6 Å². The Kier molecular flexibility index (Phi) is 4.52. The normalized spacial score (nSPS) is 30.5. The van der Waals surface area contributed by atoms with Crippen molar-refractivity contribution < 1.29 is 9.47 Å². The average Bonchev–Trinajstić information content (AvgIpc) is 2.27. The summed E-state index contributed by atoms with van der Waals surface area (Å²) in [7, 11) is 1.73. The van der Waals surface area contributed by atoms with E-state index < -0.39 is 5.54 Å². The third kappa shape index (κ3) is 4.17. The first-order valence-corrected chi connectivity index (χ1v) is 5.42. The van der Waals surface area contributed by atoms with E-state index in [9.17, 15) is 0 Å². The van der Waals surface area contributed by atoms with Crippen molar-refractivity contribution in [2.45, 2.75) is 50.4 Å². The van der Waals surface area contributed by atoms with Gasteiger partial charge in [-0.1, -0.05) is 0 Å². The minimum absolute atomic E-state index is 0.194. The van der Waals surface area contributed by atoms with Gasteiger partial charge in [0.15, 0.2) is 0 Å². The molecule has 1 rings (SSSR count). The van der Waals surface area contributed by atoms with Gasteiger partial charge in [-0.25, -0.2) is 0 Å². The summed E-state index contributed by atoms with van der Waals surface area (Å²) < 4.78 is 10.9. The molecule has 0 spiro atoms. The van der Waals surface area contributed by atoms with E-state index >= 15 is 0 Å². The van der Waals surface area contributed by atoms with Gasteiger partial charge >= 0.3 is 0 Å². The lowest BCUT2D eigenvalue weighted by Gasteiger charge is -2.29. The van der Waals surface area contributed by atoms with Crippen molar-refractivity contribution >= 4 is 0 Å². The standard InChI is InChI=1S/C11H20N2O2/c1-11(13,7-12)8-15-10-5-3-4-9(6-10)14-2/h9-10H,3-6,8,13H2,1-2H3. The number of nitrogens with two attached hydrogens (primary N) is 1. The first kappa shape index (κ1) is 12.4. The Bertz CT molecular complexity index is 235. The Morgan fingerprint density at radius 3 is 2.73 bits per heavy atom. The maximum Gasteiger partial charge on any atom is 0.125 e. The van der Waals surface area contributed by atoms with E-state index in [4.69, 9.17) is 20.5 Å². The van der Waals surface area contributed by atoms with Gasteiger partial charge in [0, 0.05) is 7.11 Å². The molecule has 4 nitrogen and oxygen atoms in total. The van der Waals surface area contributed by atoms with Crippen molar-refractivity contribution in [3.8, 4) is 6.07 Å². The van der Waals surface area contributed by atoms with Gasteiger partial charge in [0.2, 0.25) is 0 Å². The molecule has 0 amide bonds. The molecular weight excluding hydrogens is 192 g/mol. The second-order valence-corrected chi connectivity index (χ2v) is 4.49. The van der Waals surface area contributed by atoms with Gasteiger partial charge in [0.1, 0.15) is 5.54 Å². The second-order valence-electron chi connectivity index (χ2n) is 4.49. The van der Waals surface area contributed by atoms with Gasteiger partial charge < -0.3 is 15.2 Å². The zero-order valence-electron chi connectivity index (χ0n) is 9.53. The monoisotopic (exact) mass is 212 g/mol. The van der Waals surface area contributed by atoms with Crippen LogP contribution in [0.15, 0.2) is 0 Å². The molecule has 0 aromatic heterocycles. The average molecular weight is 212 g/mol. The van der Waals surface area contributed by atoms with Crippen molar-refractivity contribution in [3.05, 3.63) is 0 Å². The molecule has 2 N–H and O–H groups in total. The molecule has 0 bridgehead atoms. The van der Waals surface area contributed by atoms with E-state index in [1.165, 1.54) is 0 Å². The van der Waals surface area contributed by atoms with Crippen molar-refractivity contribution in [3.63, 3.8) is 0 Å². The third-order valence-corrected chi connectivity index (χ3v) is 2.79. The molecule has 0 saturated heterocycles. The fourth-order valence-electron chi connectivity index (χ4n) is 1.79. The van der Waals surface area contributed by atoms with E-state index in [-0.39, 0.29) is 6.10 Å². The summed E-state index contributed by atoms with van der Waals surface area (Å²) >= 11 is 0. The fourth-order valence-corrected chi connectivity index (χ4v) is 1.79. The number of nitrogens with zero attached hydrogens (tertiary/aromatic N) is 1. The van der Waals surface area contributed by atoms with E-state index in [0.29, 0.717) is 12.7 Å². The van der Waals surface area contributed by atoms with Crippen LogP contribution in [0.4, 0.5) is 0 Å². The second kappa shape index (κ2) is 5.45. The van der Waals surface area contributed by atoms with Crippen molar-refractivity contribution in [1.82, 2.24) is 0 Å². The van der Waals surface area contributed by atoms with E-state index in [0.717, 1.165) is 25.7 Å². The van der Waals surface area contributed by atoms with Crippen LogP contribution in [-0.2, 0) is 9.47 Å². The van der Waals surface area contributed by atoms with Crippen LogP contribution in [0.3, 0.4) is 0 Å². The van der Waals surface area contributed by atoms with Crippen LogP contribution >= 0.6 is 0 Å². The molecule has 3 atom stereocenters. The highest BCUT2D eigenvalue weighted by molar-refractivity contribution is 5.01. The molecule has 0 aromatic rings. The Morgan fingerprint density at radius 1 is 1.47 bits per heavy atom. The molecule has 1 fully saturated rings. The van der Waals surface area contributed by atoms with Crippen LogP contribution in [0.25, 0.3) is 0 Å². The topological polar surface area (TPSA) is 68.3 Å². The molecule has 86 valence electrons. The van der Waals surface area contributed by atoms with Crippen LogP contribution in [0.5, 0.6) is 0 Å². The molecule has 0 heterocycles. The predicted molar refractivity (Wildman–Crippen MR) is 57.2 cm³/mol. The molecule has 1 aliphatic rings. The fraction of sp³-hybridized carbons (Fsp3) is 0.909. The molecular formula is C11H20N2O2. The first-order valence-electron chi connectivity index (χ1n) is 5.42. The Labute approximate surface area is 91.3 Å².